The first-order valence-electron chi connectivity index (χ1n) is 13.9. The second-order valence-corrected chi connectivity index (χ2v) is 12.4. The Morgan fingerprint density at radius 1 is 1.14 bits per heavy atom. The smallest absolute Gasteiger partial charge is 0.251 e. The summed E-state index contributed by atoms with van der Waals surface area (Å²) < 4.78 is 64.8. The van der Waals surface area contributed by atoms with Crippen LogP contribution in [0.3, 0.4) is 0 Å². The van der Waals surface area contributed by atoms with E-state index in [1.54, 1.807) is 12.3 Å². The molecule has 0 saturated carbocycles. The number of rotatable bonds is 7. The second-order valence-electron chi connectivity index (χ2n) is 10.3. The lowest BCUT2D eigenvalue weighted by Crippen LogP contribution is -2.24. The summed E-state index contributed by atoms with van der Waals surface area (Å²) in [7, 11) is -4.51. The van der Waals surface area contributed by atoms with Crippen molar-refractivity contribution in [1.82, 2.24) is 20.3 Å². The third-order valence-corrected chi connectivity index (χ3v) is 9.26. The van der Waals surface area contributed by atoms with Gasteiger partial charge in [0.1, 0.15) is 10.7 Å². The van der Waals surface area contributed by atoms with Crippen molar-refractivity contribution in [1.29, 1.82) is 0 Å². The van der Waals surface area contributed by atoms with Gasteiger partial charge in [0.2, 0.25) is 15.3 Å². The maximum atomic E-state index is 14.7. The summed E-state index contributed by atoms with van der Waals surface area (Å²) in [5.41, 5.74) is -0.0422. The van der Waals surface area contributed by atoms with Gasteiger partial charge in [-0.05, 0) is 55.8 Å². The van der Waals surface area contributed by atoms with Gasteiger partial charge in [-0.1, -0.05) is 6.07 Å². The van der Waals surface area contributed by atoms with Crippen LogP contribution >= 0.6 is 0 Å². The molecule has 1 aromatic carbocycles. The average Bonchev–Trinajstić information content (AvgIpc) is 3.44. The lowest BCUT2D eigenvalue weighted by molar-refractivity contribution is 0.0787. The molecule has 2 atom stereocenters. The summed E-state index contributed by atoms with van der Waals surface area (Å²) in [4.78, 5) is 28.4. The zero-order valence-corrected chi connectivity index (χ0v) is 24.1. The van der Waals surface area contributed by atoms with Crippen molar-refractivity contribution in [3.05, 3.63) is 71.8 Å². The number of pyridine rings is 3. The number of nitrogens with zero attached hydrogens (tertiary/aromatic N) is 4. The van der Waals surface area contributed by atoms with Gasteiger partial charge in [0, 0.05) is 43.3 Å². The fourth-order valence-corrected chi connectivity index (χ4v) is 6.61. The van der Waals surface area contributed by atoms with Crippen molar-refractivity contribution in [3.8, 4) is 17.1 Å². The highest BCUT2D eigenvalue weighted by molar-refractivity contribution is 7.92. The van der Waals surface area contributed by atoms with E-state index in [0.717, 1.165) is 42.8 Å². The number of amides is 1. The molecule has 1 fully saturated rings. The summed E-state index contributed by atoms with van der Waals surface area (Å²) >= 11 is 0. The minimum Gasteiger partial charge on any atom is -0.489 e. The van der Waals surface area contributed by atoms with E-state index in [1.807, 2.05) is 37.3 Å². The lowest BCUT2D eigenvalue weighted by Gasteiger charge is -2.18. The van der Waals surface area contributed by atoms with Crippen LogP contribution in [-0.2, 0) is 21.1 Å². The molecule has 1 saturated heterocycles. The number of hydrogen-bond acceptors (Lipinski definition) is 9. The molecule has 1 N–H and O–H groups in total. The van der Waals surface area contributed by atoms with Gasteiger partial charge >= 0.3 is 0 Å². The molecule has 2 aliphatic rings. The van der Waals surface area contributed by atoms with Crippen molar-refractivity contribution < 1.29 is 31.5 Å². The minimum atomic E-state index is -4.51. The third-order valence-electron chi connectivity index (χ3n) is 7.43. The SMILES string of the molecule is CCO[C@@H]1CCN(c2cccc(-c3ccc4cnc(CNC(=O)c5cc(F)c6c(c5)S(=O)(=O)[C@@H](F)CCO6)cc4n3)n2)C1. The van der Waals surface area contributed by atoms with Gasteiger partial charge in [-0.25, -0.2) is 27.2 Å². The van der Waals surface area contributed by atoms with Crippen LogP contribution in [0.2, 0.25) is 0 Å². The molecule has 0 spiro atoms. The third kappa shape index (κ3) is 5.87. The molecule has 43 heavy (non-hydrogen) atoms. The standard InChI is InChI=1S/C30H29F2N5O5S/c1-2-41-21-8-10-37(17-21)28-5-3-4-23(36-28)24-7-6-18-15-33-20(14-25(18)35-24)16-34-30(38)19-12-22(31)29-26(13-19)43(39,40)27(32)9-11-42-29/h3-7,12-15,21,27H,2,8-11,16-17H2,1H3,(H,34,38)/t21-,27-/m1/s1. The lowest BCUT2D eigenvalue weighted by atomic mass is 10.1. The fourth-order valence-electron chi connectivity index (χ4n) is 5.22. The summed E-state index contributed by atoms with van der Waals surface area (Å²) in [6, 6.07) is 13.1. The van der Waals surface area contributed by atoms with E-state index in [4.69, 9.17) is 19.4 Å². The minimum absolute atomic E-state index is 0.0436. The van der Waals surface area contributed by atoms with Crippen molar-refractivity contribution in [2.24, 2.45) is 0 Å². The highest BCUT2D eigenvalue weighted by Crippen LogP contribution is 2.35. The molecule has 3 aromatic heterocycles. The molecule has 4 aromatic rings. The van der Waals surface area contributed by atoms with Crippen molar-refractivity contribution in [3.63, 3.8) is 0 Å². The molecule has 0 bridgehead atoms. The number of alkyl halides is 1. The van der Waals surface area contributed by atoms with Gasteiger partial charge in [0.15, 0.2) is 11.6 Å². The molecule has 13 heteroatoms. The molecule has 224 valence electrons. The van der Waals surface area contributed by atoms with E-state index in [-0.39, 0.29) is 24.8 Å². The first-order valence-corrected chi connectivity index (χ1v) is 15.5. The summed E-state index contributed by atoms with van der Waals surface area (Å²) in [6.07, 6.45) is 2.34. The van der Waals surface area contributed by atoms with Crippen LogP contribution in [0.4, 0.5) is 14.6 Å². The quantitative estimate of drug-likeness (QED) is 0.328. The molecule has 6 rings (SSSR count). The van der Waals surface area contributed by atoms with E-state index < -0.39 is 44.1 Å². The van der Waals surface area contributed by atoms with Gasteiger partial charge in [0.25, 0.3) is 5.91 Å². The van der Waals surface area contributed by atoms with Crippen molar-refractivity contribution in [2.75, 3.05) is 31.2 Å². The monoisotopic (exact) mass is 609 g/mol. The van der Waals surface area contributed by atoms with Crippen molar-refractivity contribution in [2.45, 2.75) is 42.8 Å². The van der Waals surface area contributed by atoms with Crippen LogP contribution in [0.1, 0.15) is 35.8 Å². The number of hydrogen-bond donors (Lipinski definition) is 1. The summed E-state index contributed by atoms with van der Waals surface area (Å²) in [6.45, 7) is 3.98. The first kappa shape index (κ1) is 28.9. The van der Waals surface area contributed by atoms with E-state index in [1.165, 1.54) is 0 Å². The normalized spacial score (nSPS) is 19.5. The molecule has 5 heterocycles. The van der Waals surface area contributed by atoms with E-state index in [2.05, 4.69) is 15.2 Å². The Kier molecular flexibility index (Phi) is 7.93. The van der Waals surface area contributed by atoms with E-state index >= 15 is 0 Å². The first-order chi connectivity index (χ1) is 20.7. The number of benzene rings is 1. The number of carbonyl (C=O) groups excluding carboxylic acids is 1. The highest BCUT2D eigenvalue weighted by atomic mass is 32.2. The number of halogens is 2. The average molecular weight is 610 g/mol. The number of sulfone groups is 1. The summed E-state index contributed by atoms with van der Waals surface area (Å²) in [5.74, 6) is -1.53. The predicted octanol–water partition coefficient (Wildman–Crippen LogP) is 4.23. The molecule has 0 unspecified atom stereocenters. The number of nitrogens with one attached hydrogen (secondary N) is 1. The Morgan fingerprint density at radius 3 is 2.81 bits per heavy atom. The van der Waals surface area contributed by atoms with Gasteiger partial charge in [0.05, 0.1) is 41.9 Å². The molecule has 1 amide bonds. The number of anilines is 1. The van der Waals surface area contributed by atoms with Crippen LogP contribution in [-0.4, -0.2) is 67.2 Å². The zero-order valence-electron chi connectivity index (χ0n) is 23.3. The van der Waals surface area contributed by atoms with Gasteiger partial charge in [-0.3, -0.25) is 9.78 Å². The van der Waals surface area contributed by atoms with Crippen LogP contribution < -0.4 is 15.0 Å². The fraction of sp³-hybridized carbons (Fsp3) is 0.333. The Bertz CT molecular complexity index is 1810. The Labute approximate surface area is 247 Å². The van der Waals surface area contributed by atoms with E-state index in [9.17, 15) is 22.0 Å². The second kappa shape index (κ2) is 11.8. The Morgan fingerprint density at radius 2 is 1.98 bits per heavy atom. The van der Waals surface area contributed by atoms with Crippen LogP contribution in [0.5, 0.6) is 5.75 Å². The molecular weight excluding hydrogens is 580 g/mol. The van der Waals surface area contributed by atoms with Crippen LogP contribution in [0.25, 0.3) is 22.3 Å². The topological polar surface area (TPSA) is 124 Å². The van der Waals surface area contributed by atoms with Crippen LogP contribution in [0.15, 0.2) is 59.6 Å². The molecule has 0 radical (unpaired) electrons. The van der Waals surface area contributed by atoms with Crippen LogP contribution in [0, 0.1) is 5.82 Å². The molecular formula is C30H29F2N5O5S. The maximum absolute atomic E-state index is 14.7. The molecule has 2 aliphatic heterocycles. The Balaban J connectivity index is 1.19. The maximum Gasteiger partial charge on any atom is 0.251 e. The highest BCUT2D eigenvalue weighted by Gasteiger charge is 2.35. The van der Waals surface area contributed by atoms with Crippen molar-refractivity contribution >= 4 is 32.5 Å². The van der Waals surface area contributed by atoms with E-state index in [0.29, 0.717) is 29.2 Å². The van der Waals surface area contributed by atoms with Gasteiger partial charge in [-0.2, -0.15) is 0 Å². The number of ether oxygens (including phenoxy) is 2. The van der Waals surface area contributed by atoms with Gasteiger partial charge < -0.3 is 19.7 Å². The largest absolute Gasteiger partial charge is 0.489 e. The predicted molar refractivity (Wildman–Crippen MR) is 155 cm³/mol. The number of fused-ring (bicyclic) bond motifs is 2. The van der Waals surface area contributed by atoms with Gasteiger partial charge in [-0.15, -0.1) is 0 Å². The zero-order chi connectivity index (χ0) is 30.1. The molecule has 0 aliphatic carbocycles. The molecule has 10 nitrogen and oxygen atoms in total. The summed E-state index contributed by atoms with van der Waals surface area (Å²) in [5, 5.41) is 3.40. The number of carbonyl (C=O) groups is 1. The number of aromatic nitrogens is 3. The Hall–Kier alpha value is -4.23.